The first-order valence-corrected chi connectivity index (χ1v) is 11.3. The number of likely N-dealkylation sites (tertiary alicyclic amines) is 1. The van der Waals surface area contributed by atoms with E-state index in [0.29, 0.717) is 12.5 Å². The molecule has 2 fully saturated rings. The molecule has 8 heteroatoms. The van der Waals surface area contributed by atoms with Gasteiger partial charge in [0.2, 0.25) is 5.91 Å². The molecule has 0 aromatic heterocycles. The summed E-state index contributed by atoms with van der Waals surface area (Å²) >= 11 is 0. The zero-order chi connectivity index (χ0) is 21.2. The van der Waals surface area contributed by atoms with E-state index in [1.54, 1.807) is 19.0 Å². The molecule has 0 saturated carbocycles. The Kier molecular flexibility index (Phi) is 11.6. The van der Waals surface area contributed by atoms with Crippen molar-refractivity contribution in [2.75, 3.05) is 53.4 Å². The molecule has 31 heavy (non-hydrogen) atoms. The van der Waals surface area contributed by atoms with Crippen LogP contribution >= 0.6 is 24.0 Å². The molecule has 2 unspecified atom stereocenters. The van der Waals surface area contributed by atoms with Gasteiger partial charge in [-0.15, -0.1) is 24.0 Å². The van der Waals surface area contributed by atoms with Crippen molar-refractivity contribution in [2.45, 2.75) is 44.2 Å². The summed E-state index contributed by atoms with van der Waals surface area (Å²) in [5.74, 6) is 0.670. The van der Waals surface area contributed by atoms with Crippen LogP contribution in [0.4, 0.5) is 0 Å². The van der Waals surface area contributed by atoms with Gasteiger partial charge in [0, 0.05) is 33.8 Å². The molecule has 1 aromatic rings. The minimum atomic E-state index is -0.0100. The van der Waals surface area contributed by atoms with Crippen molar-refractivity contribution in [3.63, 3.8) is 0 Å². The highest BCUT2D eigenvalue weighted by atomic mass is 127. The number of aliphatic imine (C=N–C) groups is 1. The van der Waals surface area contributed by atoms with Crippen molar-refractivity contribution in [2.24, 2.45) is 4.99 Å². The third-order valence-electron chi connectivity index (χ3n) is 5.87. The summed E-state index contributed by atoms with van der Waals surface area (Å²) in [6.45, 7) is 4.66. The number of rotatable bonds is 8. The molecule has 7 nitrogen and oxygen atoms in total. The Morgan fingerprint density at radius 3 is 2.55 bits per heavy atom. The van der Waals surface area contributed by atoms with E-state index >= 15 is 0 Å². The van der Waals surface area contributed by atoms with Crippen LogP contribution in [0.15, 0.2) is 35.3 Å². The van der Waals surface area contributed by atoms with Crippen LogP contribution in [0.25, 0.3) is 0 Å². The maximum Gasteiger partial charge on any atom is 0.243 e. The molecule has 2 heterocycles. The molecule has 0 aliphatic carbocycles. The number of ether oxygens (including phenoxy) is 1. The van der Waals surface area contributed by atoms with Crippen molar-refractivity contribution >= 4 is 35.8 Å². The molecule has 2 aliphatic heterocycles. The number of likely N-dealkylation sites (N-methyl/N-ethyl adjacent to an activating group) is 1. The van der Waals surface area contributed by atoms with Crippen LogP contribution in [0, 0.1) is 0 Å². The van der Waals surface area contributed by atoms with Gasteiger partial charge in [-0.2, -0.15) is 0 Å². The predicted molar refractivity (Wildman–Crippen MR) is 136 cm³/mol. The Balaban J connectivity index is 0.00000341. The first-order chi connectivity index (χ1) is 14.6. The van der Waals surface area contributed by atoms with E-state index < -0.39 is 0 Å². The highest BCUT2D eigenvalue weighted by Crippen LogP contribution is 2.24. The molecular weight excluding hydrogens is 505 g/mol. The highest BCUT2D eigenvalue weighted by molar-refractivity contribution is 14.0. The number of benzene rings is 1. The van der Waals surface area contributed by atoms with E-state index in [-0.39, 0.29) is 48.6 Å². The Morgan fingerprint density at radius 1 is 1.16 bits per heavy atom. The summed E-state index contributed by atoms with van der Waals surface area (Å²) < 4.78 is 5.84. The number of nitrogens with zero attached hydrogens (tertiary/aromatic N) is 3. The van der Waals surface area contributed by atoms with Crippen molar-refractivity contribution < 1.29 is 9.53 Å². The SMILES string of the molecule is CN(C)C(=O)CN=C(NCC1CCCCO1)NCC(c1ccccc1)N1CCCC1.I. The summed E-state index contributed by atoms with van der Waals surface area (Å²) in [4.78, 5) is 20.7. The quantitative estimate of drug-likeness (QED) is 0.300. The lowest BCUT2D eigenvalue weighted by molar-refractivity contribution is -0.127. The molecule has 174 valence electrons. The second-order valence-electron chi connectivity index (χ2n) is 8.37. The number of nitrogens with one attached hydrogen (secondary N) is 2. The first kappa shape index (κ1) is 25.9. The second kappa shape index (κ2) is 13.9. The van der Waals surface area contributed by atoms with Gasteiger partial charge >= 0.3 is 0 Å². The van der Waals surface area contributed by atoms with Crippen molar-refractivity contribution in [1.82, 2.24) is 20.4 Å². The molecule has 1 amide bonds. The third kappa shape index (κ3) is 8.57. The van der Waals surface area contributed by atoms with Crippen LogP contribution in [0.5, 0.6) is 0 Å². The molecule has 1 aromatic carbocycles. The number of carbonyl (C=O) groups is 1. The smallest absolute Gasteiger partial charge is 0.243 e. The fourth-order valence-electron chi connectivity index (χ4n) is 4.02. The van der Waals surface area contributed by atoms with E-state index in [1.807, 2.05) is 0 Å². The van der Waals surface area contributed by atoms with Gasteiger partial charge < -0.3 is 20.3 Å². The number of hydrogen-bond donors (Lipinski definition) is 2. The number of carbonyl (C=O) groups excluding carboxylic acids is 1. The van der Waals surface area contributed by atoms with Crippen molar-refractivity contribution in [1.29, 1.82) is 0 Å². The van der Waals surface area contributed by atoms with E-state index in [2.05, 4.69) is 50.9 Å². The van der Waals surface area contributed by atoms with E-state index in [1.165, 1.54) is 24.8 Å². The van der Waals surface area contributed by atoms with E-state index in [0.717, 1.165) is 39.1 Å². The van der Waals surface area contributed by atoms with E-state index in [4.69, 9.17) is 4.74 Å². The van der Waals surface area contributed by atoms with Gasteiger partial charge in [-0.3, -0.25) is 9.69 Å². The van der Waals surface area contributed by atoms with Gasteiger partial charge in [-0.05, 0) is 50.8 Å². The summed E-state index contributed by atoms with van der Waals surface area (Å²) in [6, 6.07) is 10.9. The maximum atomic E-state index is 12.1. The maximum absolute atomic E-state index is 12.1. The molecule has 0 spiro atoms. The third-order valence-corrected chi connectivity index (χ3v) is 5.87. The standard InChI is InChI=1S/C23H37N5O2.HI/c1-27(2)22(29)18-26-23(24-16-20-12-6-9-15-30-20)25-17-21(28-13-7-8-14-28)19-10-4-3-5-11-19;/h3-5,10-11,20-21H,6-9,12-18H2,1-2H3,(H2,24,25,26);1H. The zero-order valence-corrected chi connectivity index (χ0v) is 21.2. The Labute approximate surface area is 204 Å². The molecule has 0 radical (unpaired) electrons. The van der Waals surface area contributed by atoms with Crippen LogP contribution in [-0.4, -0.2) is 81.2 Å². The lowest BCUT2D eigenvalue weighted by Crippen LogP contribution is -2.46. The Bertz CT molecular complexity index is 674. The van der Waals surface area contributed by atoms with Crippen LogP contribution in [0.1, 0.15) is 43.7 Å². The van der Waals surface area contributed by atoms with Gasteiger partial charge in [-0.1, -0.05) is 30.3 Å². The lowest BCUT2D eigenvalue weighted by atomic mass is 10.1. The number of halogens is 1. The largest absolute Gasteiger partial charge is 0.376 e. The van der Waals surface area contributed by atoms with Crippen LogP contribution in [0.3, 0.4) is 0 Å². The average molecular weight is 543 g/mol. The summed E-state index contributed by atoms with van der Waals surface area (Å²) in [6.07, 6.45) is 6.12. The number of amides is 1. The topological polar surface area (TPSA) is 69.2 Å². The number of guanidine groups is 1. The molecule has 2 N–H and O–H groups in total. The minimum Gasteiger partial charge on any atom is -0.376 e. The minimum absolute atomic E-state index is 0. The number of hydrogen-bond acceptors (Lipinski definition) is 4. The molecule has 3 rings (SSSR count). The van der Waals surface area contributed by atoms with Gasteiger partial charge in [0.25, 0.3) is 0 Å². The summed E-state index contributed by atoms with van der Waals surface area (Å²) in [5.41, 5.74) is 1.31. The zero-order valence-electron chi connectivity index (χ0n) is 18.9. The molecular formula is C23H38IN5O2. The van der Waals surface area contributed by atoms with Gasteiger partial charge in [0.1, 0.15) is 6.54 Å². The Hall–Kier alpha value is -1.39. The van der Waals surface area contributed by atoms with Gasteiger partial charge in [0.05, 0.1) is 12.1 Å². The Morgan fingerprint density at radius 2 is 1.90 bits per heavy atom. The first-order valence-electron chi connectivity index (χ1n) is 11.3. The average Bonchev–Trinajstić information content (AvgIpc) is 3.31. The fourth-order valence-corrected chi connectivity index (χ4v) is 4.02. The summed E-state index contributed by atoms with van der Waals surface area (Å²) in [5, 5.41) is 6.91. The molecule has 2 aliphatic rings. The van der Waals surface area contributed by atoms with Crippen molar-refractivity contribution in [3.05, 3.63) is 35.9 Å². The van der Waals surface area contributed by atoms with Crippen LogP contribution in [0.2, 0.25) is 0 Å². The second-order valence-corrected chi connectivity index (χ2v) is 8.37. The predicted octanol–water partition coefficient (Wildman–Crippen LogP) is 2.63. The van der Waals surface area contributed by atoms with Gasteiger partial charge in [-0.25, -0.2) is 4.99 Å². The monoisotopic (exact) mass is 543 g/mol. The summed E-state index contributed by atoms with van der Waals surface area (Å²) in [7, 11) is 3.51. The molecule has 2 atom stereocenters. The van der Waals surface area contributed by atoms with Gasteiger partial charge in [0.15, 0.2) is 5.96 Å². The lowest BCUT2D eigenvalue weighted by Gasteiger charge is -2.29. The normalized spacial score (nSPS) is 20.6. The van der Waals surface area contributed by atoms with E-state index in [9.17, 15) is 4.79 Å². The van der Waals surface area contributed by atoms with Crippen LogP contribution < -0.4 is 10.6 Å². The fraction of sp³-hybridized carbons (Fsp3) is 0.652. The highest BCUT2D eigenvalue weighted by Gasteiger charge is 2.24. The van der Waals surface area contributed by atoms with Crippen LogP contribution in [-0.2, 0) is 9.53 Å². The van der Waals surface area contributed by atoms with Crippen molar-refractivity contribution in [3.8, 4) is 0 Å². The molecule has 0 bridgehead atoms. The molecule has 2 saturated heterocycles.